The first-order valence-electron chi connectivity index (χ1n) is 10.6. The van der Waals surface area contributed by atoms with E-state index in [1.54, 1.807) is 12.1 Å². The maximum absolute atomic E-state index is 12.9. The topological polar surface area (TPSA) is 95.8 Å². The molecule has 2 heterocycles. The van der Waals surface area contributed by atoms with Crippen molar-refractivity contribution in [2.24, 2.45) is 0 Å². The molecular weight excluding hydrogens is 416 g/mol. The number of benzene rings is 2. The number of anilines is 2. The van der Waals surface area contributed by atoms with Gasteiger partial charge in [0.05, 0.1) is 15.5 Å². The molecule has 2 aromatic rings. The van der Waals surface area contributed by atoms with E-state index in [0.717, 1.165) is 43.7 Å². The van der Waals surface area contributed by atoms with Crippen LogP contribution in [0.15, 0.2) is 41.3 Å². The number of sulfonamides is 1. The van der Waals surface area contributed by atoms with Gasteiger partial charge in [-0.15, -0.1) is 0 Å². The van der Waals surface area contributed by atoms with Crippen LogP contribution >= 0.6 is 0 Å². The SMILES string of the molecule is Cc1ccc(NS(=O)(=O)c2ccc(N3CCC(N4CCCC4)C3)c([N+](=O)[O-])c2)c(C)c1. The van der Waals surface area contributed by atoms with Crippen molar-refractivity contribution in [3.63, 3.8) is 0 Å². The van der Waals surface area contributed by atoms with Crippen molar-refractivity contribution < 1.29 is 13.3 Å². The second kappa shape index (κ2) is 8.47. The Balaban J connectivity index is 1.59. The summed E-state index contributed by atoms with van der Waals surface area (Å²) in [4.78, 5) is 15.7. The highest BCUT2D eigenvalue weighted by molar-refractivity contribution is 7.92. The minimum absolute atomic E-state index is 0.113. The van der Waals surface area contributed by atoms with Crippen molar-refractivity contribution in [2.75, 3.05) is 35.8 Å². The van der Waals surface area contributed by atoms with Gasteiger partial charge in [0.2, 0.25) is 0 Å². The average molecular weight is 445 g/mol. The number of rotatable bonds is 6. The minimum atomic E-state index is -3.95. The van der Waals surface area contributed by atoms with Gasteiger partial charge in [-0.05, 0) is 70.0 Å². The second-order valence-corrected chi connectivity index (χ2v) is 10.1. The zero-order chi connectivity index (χ0) is 22.2. The molecule has 0 saturated carbocycles. The summed E-state index contributed by atoms with van der Waals surface area (Å²) in [6, 6.07) is 10.0. The van der Waals surface area contributed by atoms with Gasteiger partial charge in [0, 0.05) is 25.2 Å². The Morgan fingerprint density at radius 1 is 1.06 bits per heavy atom. The zero-order valence-electron chi connectivity index (χ0n) is 17.9. The van der Waals surface area contributed by atoms with Crippen molar-refractivity contribution in [3.8, 4) is 0 Å². The lowest BCUT2D eigenvalue weighted by atomic mass is 10.1. The van der Waals surface area contributed by atoms with Crippen molar-refractivity contribution in [3.05, 3.63) is 57.6 Å². The Bertz CT molecular complexity index is 1100. The zero-order valence-corrected chi connectivity index (χ0v) is 18.7. The number of nitro benzene ring substituents is 1. The van der Waals surface area contributed by atoms with E-state index in [4.69, 9.17) is 0 Å². The summed E-state index contributed by atoms with van der Waals surface area (Å²) in [5, 5.41) is 11.8. The molecule has 1 atom stereocenters. The van der Waals surface area contributed by atoms with Gasteiger partial charge in [-0.2, -0.15) is 0 Å². The first kappa shape index (κ1) is 21.6. The molecule has 0 aromatic heterocycles. The Hall–Kier alpha value is -2.65. The van der Waals surface area contributed by atoms with E-state index in [1.165, 1.54) is 25.0 Å². The van der Waals surface area contributed by atoms with Gasteiger partial charge in [0.15, 0.2) is 0 Å². The van der Waals surface area contributed by atoms with Crippen LogP contribution in [0.3, 0.4) is 0 Å². The normalized spacial score (nSPS) is 19.7. The summed E-state index contributed by atoms with van der Waals surface area (Å²) in [7, 11) is -3.95. The average Bonchev–Trinajstić information content (AvgIpc) is 3.41. The quantitative estimate of drug-likeness (QED) is 0.539. The van der Waals surface area contributed by atoms with E-state index in [9.17, 15) is 18.5 Å². The molecular formula is C22H28N4O4S. The molecule has 2 aliphatic heterocycles. The van der Waals surface area contributed by atoms with E-state index in [-0.39, 0.29) is 10.6 Å². The van der Waals surface area contributed by atoms with Crippen LogP contribution in [0.1, 0.15) is 30.4 Å². The van der Waals surface area contributed by atoms with Crippen LogP contribution in [0.4, 0.5) is 17.1 Å². The fraction of sp³-hybridized carbons (Fsp3) is 0.455. The third kappa shape index (κ3) is 4.52. The van der Waals surface area contributed by atoms with E-state index in [0.29, 0.717) is 17.4 Å². The van der Waals surface area contributed by atoms with E-state index in [1.807, 2.05) is 30.9 Å². The summed E-state index contributed by atoms with van der Waals surface area (Å²) in [6.45, 7) is 7.38. The predicted octanol–water partition coefficient (Wildman–Crippen LogP) is 3.69. The van der Waals surface area contributed by atoms with Crippen LogP contribution in [-0.4, -0.2) is 50.5 Å². The first-order valence-corrected chi connectivity index (χ1v) is 12.1. The molecule has 0 bridgehead atoms. The molecule has 166 valence electrons. The molecule has 2 aromatic carbocycles. The third-order valence-electron chi connectivity index (χ3n) is 6.24. The van der Waals surface area contributed by atoms with Crippen LogP contribution in [0.2, 0.25) is 0 Å². The summed E-state index contributed by atoms with van der Waals surface area (Å²) >= 11 is 0. The van der Waals surface area contributed by atoms with Crippen LogP contribution in [0.5, 0.6) is 0 Å². The lowest BCUT2D eigenvalue weighted by molar-refractivity contribution is -0.384. The maximum atomic E-state index is 12.9. The van der Waals surface area contributed by atoms with Crippen LogP contribution in [0.25, 0.3) is 0 Å². The highest BCUT2D eigenvalue weighted by Gasteiger charge is 2.33. The number of hydrogen-bond acceptors (Lipinski definition) is 6. The van der Waals surface area contributed by atoms with E-state index < -0.39 is 14.9 Å². The molecule has 1 unspecified atom stereocenters. The first-order chi connectivity index (χ1) is 14.7. The van der Waals surface area contributed by atoms with Gasteiger partial charge in [0.25, 0.3) is 15.7 Å². The number of nitro groups is 1. The fourth-order valence-electron chi connectivity index (χ4n) is 4.58. The molecule has 1 N–H and O–H groups in total. The van der Waals surface area contributed by atoms with Gasteiger partial charge in [0.1, 0.15) is 5.69 Å². The third-order valence-corrected chi connectivity index (χ3v) is 7.60. The molecule has 8 nitrogen and oxygen atoms in total. The van der Waals surface area contributed by atoms with Crippen LogP contribution in [-0.2, 0) is 10.0 Å². The number of nitrogens with one attached hydrogen (secondary N) is 1. The molecule has 0 aliphatic carbocycles. The Morgan fingerprint density at radius 3 is 2.48 bits per heavy atom. The molecule has 0 amide bonds. The van der Waals surface area contributed by atoms with Gasteiger partial charge >= 0.3 is 0 Å². The molecule has 0 radical (unpaired) electrons. The molecule has 31 heavy (non-hydrogen) atoms. The molecule has 2 saturated heterocycles. The smallest absolute Gasteiger partial charge is 0.293 e. The van der Waals surface area contributed by atoms with E-state index in [2.05, 4.69) is 9.62 Å². The summed E-state index contributed by atoms with van der Waals surface area (Å²) in [5.41, 5.74) is 2.59. The summed E-state index contributed by atoms with van der Waals surface area (Å²) in [6.07, 6.45) is 3.37. The highest BCUT2D eigenvalue weighted by atomic mass is 32.2. The fourth-order valence-corrected chi connectivity index (χ4v) is 5.73. The second-order valence-electron chi connectivity index (χ2n) is 8.46. The van der Waals surface area contributed by atoms with Crippen molar-refractivity contribution in [1.29, 1.82) is 0 Å². The van der Waals surface area contributed by atoms with Crippen molar-refractivity contribution in [1.82, 2.24) is 4.90 Å². The summed E-state index contributed by atoms with van der Waals surface area (Å²) in [5.74, 6) is 0. The molecule has 4 rings (SSSR count). The monoisotopic (exact) mass is 444 g/mol. The van der Waals surface area contributed by atoms with Gasteiger partial charge < -0.3 is 4.90 Å². The molecule has 0 spiro atoms. The van der Waals surface area contributed by atoms with Gasteiger partial charge in [-0.1, -0.05) is 17.7 Å². The van der Waals surface area contributed by atoms with Crippen LogP contribution in [0, 0.1) is 24.0 Å². The lowest BCUT2D eigenvalue weighted by Crippen LogP contribution is -2.35. The number of hydrogen-bond donors (Lipinski definition) is 1. The lowest BCUT2D eigenvalue weighted by Gasteiger charge is -2.24. The van der Waals surface area contributed by atoms with Crippen LogP contribution < -0.4 is 9.62 Å². The largest absolute Gasteiger partial charge is 0.364 e. The standard InChI is InChI=1S/C22H28N4O4S/c1-16-5-7-20(17(2)13-16)23-31(29,30)19-6-8-21(22(14-19)26(27)28)25-12-9-18(15-25)24-10-3-4-11-24/h5-8,13-14,18,23H,3-4,9-12,15H2,1-2H3. The molecule has 2 fully saturated rings. The van der Waals surface area contributed by atoms with Gasteiger partial charge in [-0.25, -0.2) is 8.42 Å². The predicted molar refractivity (Wildman–Crippen MR) is 121 cm³/mol. The van der Waals surface area contributed by atoms with Crippen molar-refractivity contribution in [2.45, 2.75) is 44.0 Å². The minimum Gasteiger partial charge on any atom is -0.364 e. The Kier molecular flexibility index (Phi) is 5.90. The number of likely N-dealkylation sites (tertiary alicyclic amines) is 1. The molecule has 9 heteroatoms. The summed E-state index contributed by atoms with van der Waals surface area (Å²) < 4.78 is 28.4. The number of aryl methyl sites for hydroxylation is 2. The molecule has 2 aliphatic rings. The van der Waals surface area contributed by atoms with Crippen molar-refractivity contribution >= 4 is 27.1 Å². The van der Waals surface area contributed by atoms with Gasteiger partial charge in [-0.3, -0.25) is 19.7 Å². The Labute approximate surface area is 183 Å². The van der Waals surface area contributed by atoms with E-state index >= 15 is 0 Å². The number of nitrogens with zero attached hydrogens (tertiary/aromatic N) is 3. The highest BCUT2D eigenvalue weighted by Crippen LogP contribution is 2.35. The Morgan fingerprint density at radius 2 is 1.81 bits per heavy atom. The maximum Gasteiger partial charge on any atom is 0.293 e.